The fraction of sp³-hybridized carbons (Fsp3) is 0.526. The summed E-state index contributed by atoms with van der Waals surface area (Å²) < 4.78 is 7.38. The molecule has 1 aliphatic heterocycles. The Bertz CT molecular complexity index is 741. The van der Waals surface area contributed by atoms with Crippen molar-refractivity contribution in [3.63, 3.8) is 0 Å². The first-order valence-electron chi connectivity index (χ1n) is 9.26. The number of aromatic nitrogens is 3. The molecule has 2 heterocycles. The summed E-state index contributed by atoms with van der Waals surface area (Å²) in [6, 6.07) is 7.16. The monoisotopic (exact) mass is 393 g/mol. The second kappa shape index (κ2) is 9.71. The quantitative estimate of drug-likeness (QED) is 0.788. The van der Waals surface area contributed by atoms with Gasteiger partial charge in [0.2, 0.25) is 5.95 Å². The van der Waals surface area contributed by atoms with Crippen LogP contribution >= 0.6 is 12.4 Å². The third-order valence-corrected chi connectivity index (χ3v) is 4.74. The molecule has 1 fully saturated rings. The molecule has 27 heavy (non-hydrogen) atoms. The number of halogens is 1. The Morgan fingerprint density at radius 3 is 2.63 bits per heavy atom. The van der Waals surface area contributed by atoms with Gasteiger partial charge in [-0.25, -0.2) is 4.68 Å². The van der Waals surface area contributed by atoms with E-state index in [0.717, 1.165) is 43.9 Å². The SMILES string of the molecule is CCC(C)Oc1ccc(C(=O)Nc2nc(C3CCNCC3)nn2C)cc1.Cl. The lowest BCUT2D eigenvalue weighted by molar-refractivity contribution is 0.102. The largest absolute Gasteiger partial charge is 0.491 e. The smallest absolute Gasteiger partial charge is 0.258 e. The molecule has 1 aromatic carbocycles. The van der Waals surface area contributed by atoms with E-state index in [9.17, 15) is 4.79 Å². The Balaban J connectivity index is 0.00000261. The van der Waals surface area contributed by atoms with Gasteiger partial charge in [-0.1, -0.05) is 6.92 Å². The van der Waals surface area contributed by atoms with Gasteiger partial charge in [0.05, 0.1) is 6.10 Å². The van der Waals surface area contributed by atoms with E-state index in [0.29, 0.717) is 17.4 Å². The van der Waals surface area contributed by atoms with Crippen molar-refractivity contribution in [3.05, 3.63) is 35.7 Å². The van der Waals surface area contributed by atoms with E-state index in [-0.39, 0.29) is 24.4 Å². The van der Waals surface area contributed by atoms with Crippen molar-refractivity contribution in [1.82, 2.24) is 20.1 Å². The first-order chi connectivity index (χ1) is 12.6. The first kappa shape index (κ1) is 21.2. The minimum atomic E-state index is -0.201. The Kier molecular flexibility index (Phi) is 7.62. The number of rotatable bonds is 6. The second-order valence-corrected chi connectivity index (χ2v) is 6.76. The lowest BCUT2D eigenvalue weighted by Crippen LogP contribution is -2.27. The van der Waals surface area contributed by atoms with Crippen molar-refractivity contribution in [1.29, 1.82) is 0 Å². The van der Waals surface area contributed by atoms with Crippen LogP contribution in [0.1, 0.15) is 55.2 Å². The summed E-state index contributed by atoms with van der Waals surface area (Å²) in [5, 5.41) is 10.7. The Hall–Kier alpha value is -2.12. The lowest BCUT2D eigenvalue weighted by atomic mass is 9.98. The van der Waals surface area contributed by atoms with E-state index in [1.165, 1.54) is 0 Å². The molecule has 2 N–H and O–H groups in total. The summed E-state index contributed by atoms with van der Waals surface area (Å²) in [7, 11) is 1.80. The van der Waals surface area contributed by atoms with Crippen LogP contribution in [0.5, 0.6) is 5.75 Å². The van der Waals surface area contributed by atoms with Crippen LogP contribution in [0.4, 0.5) is 5.95 Å². The Morgan fingerprint density at radius 2 is 2.00 bits per heavy atom. The van der Waals surface area contributed by atoms with Gasteiger partial charge in [0, 0.05) is 18.5 Å². The highest BCUT2D eigenvalue weighted by Crippen LogP contribution is 2.23. The zero-order chi connectivity index (χ0) is 18.5. The fourth-order valence-electron chi connectivity index (χ4n) is 2.94. The third-order valence-electron chi connectivity index (χ3n) is 4.74. The van der Waals surface area contributed by atoms with Crippen molar-refractivity contribution >= 4 is 24.3 Å². The number of anilines is 1. The van der Waals surface area contributed by atoms with Gasteiger partial charge in [-0.05, 0) is 63.5 Å². The van der Waals surface area contributed by atoms with E-state index < -0.39 is 0 Å². The number of benzene rings is 1. The van der Waals surface area contributed by atoms with Crippen LogP contribution in [0, 0.1) is 0 Å². The molecule has 1 saturated heterocycles. The molecule has 3 rings (SSSR count). The average molecular weight is 394 g/mol. The Labute approximate surface area is 166 Å². The molecule has 2 aromatic rings. The molecule has 1 unspecified atom stereocenters. The molecule has 1 atom stereocenters. The van der Waals surface area contributed by atoms with Gasteiger partial charge >= 0.3 is 0 Å². The topological polar surface area (TPSA) is 81.1 Å². The molecule has 0 bridgehead atoms. The number of nitrogens with one attached hydrogen (secondary N) is 2. The first-order valence-corrected chi connectivity index (χ1v) is 9.26. The number of hydrogen-bond donors (Lipinski definition) is 2. The highest BCUT2D eigenvalue weighted by Gasteiger charge is 2.21. The number of nitrogens with zero attached hydrogens (tertiary/aromatic N) is 3. The van der Waals surface area contributed by atoms with E-state index >= 15 is 0 Å². The number of amides is 1. The van der Waals surface area contributed by atoms with Gasteiger partial charge in [0.1, 0.15) is 5.75 Å². The Morgan fingerprint density at radius 1 is 1.33 bits per heavy atom. The van der Waals surface area contributed by atoms with E-state index in [4.69, 9.17) is 4.74 Å². The maximum absolute atomic E-state index is 12.5. The van der Waals surface area contributed by atoms with E-state index in [1.807, 2.05) is 19.1 Å². The third kappa shape index (κ3) is 5.43. The van der Waals surface area contributed by atoms with Crippen LogP contribution in [0.3, 0.4) is 0 Å². The zero-order valence-electron chi connectivity index (χ0n) is 16.1. The normalized spacial score (nSPS) is 15.7. The van der Waals surface area contributed by atoms with Crippen LogP contribution in [-0.4, -0.2) is 39.9 Å². The van der Waals surface area contributed by atoms with Crippen LogP contribution in [0.25, 0.3) is 0 Å². The number of carbonyl (C=O) groups is 1. The van der Waals surface area contributed by atoms with Gasteiger partial charge in [0.25, 0.3) is 5.91 Å². The van der Waals surface area contributed by atoms with Crippen LogP contribution < -0.4 is 15.4 Å². The summed E-state index contributed by atoms with van der Waals surface area (Å²) in [5.41, 5.74) is 0.563. The molecular formula is C19H28ClN5O2. The molecule has 8 heteroatoms. The van der Waals surface area contributed by atoms with Gasteiger partial charge < -0.3 is 10.1 Å². The number of piperidine rings is 1. The molecule has 0 aliphatic carbocycles. The van der Waals surface area contributed by atoms with Crippen LogP contribution in [0.2, 0.25) is 0 Å². The molecule has 7 nitrogen and oxygen atoms in total. The highest BCUT2D eigenvalue weighted by molar-refractivity contribution is 6.03. The van der Waals surface area contributed by atoms with Crippen molar-refractivity contribution in [3.8, 4) is 5.75 Å². The van der Waals surface area contributed by atoms with E-state index in [2.05, 4.69) is 27.6 Å². The maximum atomic E-state index is 12.5. The minimum Gasteiger partial charge on any atom is -0.491 e. The predicted molar refractivity (Wildman–Crippen MR) is 108 cm³/mol. The van der Waals surface area contributed by atoms with Crippen molar-refractivity contribution in [2.45, 2.75) is 45.1 Å². The minimum absolute atomic E-state index is 0. The highest BCUT2D eigenvalue weighted by atomic mass is 35.5. The predicted octanol–water partition coefficient (Wildman–Crippen LogP) is 3.13. The molecule has 0 radical (unpaired) electrons. The summed E-state index contributed by atoms with van der Waals surface area (Å²) in [6.45, 7) is 6.06. The molecule has 148 valence electrons. The van der Waals surface area contributed by atoms with Crippen LogP contribution in [0.15, 0.2) is 24.3 Å². The van der Waals surface area contributed by atoms with Gasteiger partial charge in [-0.2, -0.15) is 10.1 Å². The molecular weight excluding hydrogens is 366 g/mol. The molecule has 0 saturated carbocycles. The fourth-order valence-corrected chi connectivity index (χ4v) is 2.94. The molecule has 1 aromatic heterocycles. The number of carbonyl (C=O) groups excluding carboxylic acids is 1. The zero-order valence-corrected chi connectivity index (χ0v) is 16.9. The molecule has 0 spiro atoms. The number of aryl methyl sites for hydroxylation is 1. The summed E-state index contributed by atoms with van der Waals surface area (Å²) >= 11 is 0. The number of ether oxygens (including phenoxy) is 1. The molecule has 1 aliphatic rings. The summed E-state index contributed by atoms with van der Waals surface area (Å²) in [4.78, 5) is 17.0. The van der Waals surface area contributed by atoms with Crippen molar-refractivity contribution < 1.29 is 9.53 Å². The second-order valence-electron chi connectivity index (χ2n) is 6.76. The lowest BCUT2D eigenvalue weighted by Gasteiger charge is -2.19. The summed E-state index contributed by atoms with van der Waals surface area (Å²) in [6.07, 6.45) is 3.14. The van der Waals surface area contributed by atoms with Gasteiger partial charge in [0.15, 0.2) is 5.82 Å². The average Bonchev–Trinajstić information content (AvgIpc) is 3.03. The van der Waals surface area contributed by atoms with E-state index in [1.54, 1.807) is 23.9 Å². The molecule has 1 amide bonds. The van der Waals surface area contributed by atoms with Crippen molar-refractivity contribution in [2.24, 2.45) is 7.05 Å². The van der Waals surface area contributed by atoms with Crippen LogP contribution in [-0.2, 0) is 7.05 Å². The number of hydrogen-bond acceptors (Lipinski definition) is 5. The van der Waals surface area contributed by atoms with Crippen molar-refractivity contribution in [2.75, 3.05) is 18.4 Å². The maximum Gasteiger partial charge on any atom is 0.258 e. The van der Waals surface area contributed by atoms with Gasteiger partial charge in [-0.15, -0.1) is 12.4 Å². The summed E-state index contributed by atoms with van der Waals surface area (Å²) in [5.74, 6) is 2.20. The van der Waals surface area contributed by atoms with Gasteiger partial charge in [-0.3, -0.25) is 10.1 Å². The standard InChI is InChI=1S/C19H27N5O2.ClH/c1-4-13(2)26-16-7-5-15(6-8-16)18(25)22-19-21-17(23-24(19)3)14-9-11-20-12-10-14;/h5-8,13-14,20H,4,9-12H2,1-3H3,(H,21,22,23,25);1H.